The van der Waals surface area contributed by atoms with Gasteiger partial charge in [-0.25, -0.2) is 9.59 Å². The Bertz CT molecular complexity index is 951. The zero-order valence-electron chi connectivity index (χ0n) is 15.6. The number of benzene rings is 2. The highest BCUT2D eigenvalue weighted by Crippen LogP contribution is 2.23. The number of amides is 3. The molecule has 3 rings (SSSR count). The van der Waals surface area contributed by atoms with E-state index in [-0.39, 0.29) is 18.8 Å². The molecule has 1 aliphatic rings. The normalized spacial score (nSPS) is 14.9. The molecule has 1 saturated heterocycles. The maximum Gasteiger partial charge on any atom is 0.343 e. The van der Waals surface area contributed by atoms with Crippen LogP contribution < -0.4 is 10.1 Å². The summed E-state index contributed by atoms with van der Waals surface area (Å²) in [5.74, 6) is -0.536. The van der Waals surface area contributed by atoms with Gasteiger partial charge in [0.1, 0.15) is 11.4 Å². The number of hydrogen-bond acceptors (Lipinski definition) is 5. The molecule has 1 fully saturated rings. The standard InChI is InChI=1S/C21H20N2O5/c1-14-6-5-7-15(10-14)12-23-20(25)17(22-21(23)26)11-16-8-3-4-9-18(16)28-13-19(24)27-2/h3-11H,12-13H2,1-2H3,(H,22,26)/b17-11+. The molecule has 0 saturated carbocycles. The number of hydrogen-bond donors (Lipinski definition) is 1. The molecule has 3 amide bonds. The van der Waals surface area contributed by atoms with Gasteiger partial charge >= 0.3 is 12.0 Å². The molecule has 2 aromatic carbocycles. The molecule has 0 aromatic heterocycles. The van der Waals surface area contributed by atoms with Gasteiger partial charge in [0.05, 0.1) is 13.7 Å². The van der Waals surface area contributed by atoms with Crippen LogP contribution in [-0.4, -0.2) is 36.5 Å². The van der Waals surface area contributed by atoms with Gasteiger partial charge in [0, 0.05) is 5.56 Å². The van der Waals surface area contributed by atoms with Gasteiger partial charge in [0.15, 0.2) is 6.61 Å². The summed E-state index contributed by atoms with van der Waals surface area (Å²) in [5.41, 5.74) is 2.63. The second kappa shape index (κ2) is 8.39. The van der Waals surface area contributed by atoms with Crippen molar-refractivity contribution in [2.75, 3.05) is 13.7 Å². The van der Waals surface area contributed by atoms with Crippen molar-refractivity contribution in [3.8, 4) is 5.75 Å². The van der Waals surface area contributed by atoms with Gasteiger partial charge in [-0.05, 0) is 24.6 Å². The minimum atomic E-state index is -0.517. The lowest BCUT2D eigenvalue weighted by Gasteiger charge is -2.12. The van der Waals surface area contributed by atoms with E-state index in [9.17, 15) is 14.4 Å². The number of urea groups is 1. The smallest absolute Gasteiger partial charge is 0.343 e. The monoisotopic (exact) mass is 380 g/mol. The van der Waals surface area contributed by atoms with E-state index in [4.69, 9.17) is 4.74 Å². The summed E-state index contributed by atoms with van der Waals surface area (Å²) < 4.78 is 10.00. The highest BCUT2D eigenvalue weighted by atomic mass is 16.6. The summed E-state index contributed by atoms with van der Waals surface area (Å²) in [6.07, 6.45) is 1.53. The number of imide groups is 1. The zero-order valence-corrected chi connectivity index (χ0v) is 15.6. The van der Waals surface area contributed by atoms with Gasteiger partial charge in [-0.3, -0.25) is 9.69 Å². The van der Waals surface area contributed by atoms with Crippen LogP contribution in [0.25, 0.3) is 6.08 Å². The average molecular weight is 380 g/mol. The third kappa shape index (κ3) is 4.37. The predicted octanol–water partition coefficient (Wildman–Crippen LogP) is 2.64. The van der Waals surface area contributed by atoms with E-state index >= 15 is 0 Å². The summed E-state index contributed by atoms with van der Waals surface area (Å²) in [7, 11) is 1.27. The molecule has 28 heavy (non-hydrogen) atoms. The minimum Gasteiger partial charge on any atom is -0.481 e. The van der Waals surface area contributed by atoms with Crippen molar-refractivity contribution in [2.45, 2.75) is 13.5 Å². The van der Waals surface area contributed by atoms with E-state index in [2.05, 4.69) is 10.1 Å². The van der Waals surface area contributed by atoms with E-state index in [1.807, 2.05) is 31.2 Å². The third-order valence-electron chi connectivity index (χ3n) is 4.18. The van der Waals surface area contributed by atoms with Crippen molar-refractivity contribution >= 4 is 24.0 Å². The summed E-state index contributed by atoms with van der Waals surface area (Å²) >= 11 is 0. The molecule has 2 aromatic rings. The predicted molar refractivity (Wildman–Crippen MR) is 102 cm³/mol. The first kappa shape index (κ1) is 19.2. The minimum absolute atomic E-state index is 0.145. The number of esters is 1. The second-order valence-corrected chi connectivity index (χ2v) is 6.27. The van der Waals surface area contributed by atoms with Crippen molar-refractivity contribution in [1.29, 1.82) is 0 Å². The topological polar surface area (TPSA) is 84.9 Å². The molecule has 0 atom stereocenters. The van der Waals surface area contributed by atoms with Gasteiger partial charge < -0.3 is 14.8 Å². The Kier molecular flexibility index (Phi) is 5.74. The molecule has 7 heteroatoms. The van der Waals surface area contributed by atoms with Gasteiger partial charge in [0.25, 0.3) is 5.91 Å². The van der Waals surface area contributed by atoms with Crippen molar-refractivity contribution in [3.05, 3.63) is 70.9 Å². The lowest BCUT2D eigenvalue weighted by molar-refractivity contribution is -0.142. The van der Waals surface area contributed by atoms with Gasteiger partial charge in [0.2, 0.25) is 0 Å². The summed E-state index contributed by atoms with van der Waals surface area (Å²) in [5, 5.41) is 2.59. The summed E-state index contributed by atoms with van der Waals surface area (Å²) in [6, 6.07) is 14.1. The lowest BCUT2D eigenvalue weighted by Crippen LogP contribution is -2.30. The first-order valence-corrected chi connectivity index (χ1v) is 8.66. The Morgan fingerprint density at radius 2 is 1.93 bits per heavy atom. The molecule has 1 heterocycles. The molecule has 0 unspecified atom stereocenters. The maximum absolute atomic E-state index is 12.7. The van der Waals surface area contributed by atoms with E-state index in [0.29, 0.717) is 11.3 Å². The van der Waals surface area contributed by atoms with E-state index in [1.54, 1.807) is 24.3 Å². The Morgan fingerprint density at radius 3 is 2.68 bits per heavy atom. The third-order valence-corrected chi connectivity index (χ3v) is 4.18. The molecule has 1 N–H and O–H groups in total. The molecule has 0 spiro atoms. The Balaban J connectivity index is 1.79. The van der Waals surface area contributed by atoms with Crippen LogP contribution in [0.15, 0.2) is 54.2 Å². The number of nitrogens with one attached hydrogen (secondary N) is 1. The molecule has 0 radical (unpaired) electrons. The fraction of sp³-hybridized carbons (Fsp3) is 0.190. The maximum atomic E-state index is 12.7. The van der Waals surface area contributed by atoms with Gasteiger partial charge in [-0.1, -0.05) is 48.0 Å². The number of methoxy groups -OCH3 is 1. The van der Waals surface area contributed by atoms with Crippen LogP contribution in [0.3, 0.4) is 0 Å². The Labute approximate surface area is 162 Å². The molecule has 0 aliphatic carbocycles. The second-order valence-electron chi connectivity index (χ2n) is 6.27. The van der Waals surface area contributed by atoms with Crippen LogP contribution in [-0.2, 0) is 20.9 Å². The average Bonchev–Trinajstić information content (AvgIpc) is 2.94. The molecule has 144 valence electrons. The van der Waals surface area contributed by atoms with Gasteiger partial charge in [-0.15, -0.1) is 0 Å². The van der Waals surface area contributed by atoms with E-state index in [0.717, 1.165) is 16.0 Å². The van der Waals surface area contributed by atoms with Crippen LogP contribution in [0.2, 0.25) is 0 Å². The lowest BCUT2D eigenvalue weighted by atomic mass is 10.1. The summed E-state index contributed by atoms with van der Waals surface area (Å²) in [6.45, 7) is 1.88. The summed E-state index contributed by atoms with van der Waals surface area (Å²) in [4.78, 5) is 37.4. The number of rotatable bonds is 6. The molecule has 1 aliphatic heterocycles. The van der Waals surface area contributed by atoms with Crippen LogP contribution in [0.5, 0.6) is 5.75 Å². The molecular weight excluding hydrogens is 360 g/mol. The van der Waals surface area contributed by atoms with Crippen LogP contribution >= 0.6 is 0 Å². The molecule has 7 nitrogen and oxygen atoms in total. The highest BCUT2D eigenvalue weighted by Gasteiger charge is 2.33. The fourth-order valence-corrected chi connectivity index (χ4v) is 2.79. The first-order chi connectivity index (χ1) is 13.5. The van der Waals surface area contributed by atoms with E-state index < -0.39 is 17.9 Å². The van der Waals surface area contributed by atoms with Crippen LogP contribution in [0.1, 0.15) is 16.7 Å². The fourth-order valence-electron chi connectivity index (χ4n) is 2.79. The molecule has 0 bridgehead atoms. The number of carbonyl (C=O) groups excluding carboxylic acids is 3. The van der Waals surface area contributed by atoms with Crippen LogP contribution in [0, 0.1) is 6.92 Å². The number of carbonyl (C=O) groups is 3. The van der Waals surface area contributed by atoms with Gasteiger partial charge in [-0.2, -0.15) is 0 Å². The van der Waals surface area contributed by atoms with Crippen molar-refractivity contribution in [1.82, 2.24) is 10.2 Å². The van der Waals surface area contributed by atoms with Crippen molar-refractivity contribution in [3.63, 3.8) is 0 Å². The van der Waals surface area contributed by atoms with E-state index in [1.165, 1.54) is 13.2 Å². The number of para-hydroxylation sites is 1. The van der Waals surface area contributed by atoms with Crippen molar-refractivity contribution < 1.29 is 23.9 Å². The van der Waals surface area contributed by atoms with Crippen molar-refractivity contribution in [2.24, 2.45) is 0 Å². The largest absolute Gasteiger partial charge is 0.481 e. The Hall–Kier alpha value is -3.61. The number of ether oxygens (including phenoxy) is 2. The van der Waals surface area contributed by atoms with Crippen LogP contribution in [0.4, 0.5) is 4.79 Å². The zero-order chi connectivity index (χ0) is 20.1. The number of aryl methyl sites for hydroxylation is 1. The first-order valence-electron chi connectivity index (χ1n) is 8.66. The molecular formula is C21H20N2O5. The Morgan fingerprint density at radius 1 is 1.14 bits per heavy atom. The number of nitrogens with zero attached hydrogens (tertiary/aromatic N) is 1. The highest BCUT2D eigenvalue weighted by molar-refractivity contribution is 6.14. The quantitative estimate of drug-likeness (QED) is 0.473. The SMILES string of the molecule is COC(=O)COc1ccccc1/C=C1/NC(=O)N(Cc2cccc(C)c2)C1=O.